The molecule has 1 heterocycles. The lowest BCUT2D eigenvalue weighted by molar-refractivity contribution is -0.386. The molecule has 0 fully saturated rings. The predicted molar refractivity (Wildman–Crippen MR) is 86.9 cm³/mol. The molecule has 0 aliphatic carbocycles. The lowest BCUT2D eigenvalue weighted by Crippen LogP contribution is -2.07. The molecule has 0 amide bonds. The summed E-state index contributed by atoms with van der Waals surface area (Å²) in [7, 11) is 0. The predicted octanol–water partition coefficient (Wildman–Crippen LogP) is 3.82. The van der Waals surface area contributed by atoms with Crippen molar-refractivity contribution in [3.05, 3.63) is 61.0 Å². The van der Waals surface area contributed by atoms with Gasteiger partial charge in [-0.15, -0.1) is 0 Å². The fourth-order valence-corrected chi connectivity index (χ4v) is 2.55. The van der Waals surface area contributed by atoms with Crippen LogP contribution >= 0.6 is 22.6 Å². The second kappa shape index (κ2) is 6.17. The van der Waals surface area contributed by atoms with Crippen LogP contribution in [-0.4, -0.2) is 9.91 Å². The fraction of sp³-hybridized carbons (Fsp3) is 0.214. The standard InChI is InChI=1S/C14H14IN3O2/c1-9-7-17-13(10(2)14(9)18(19)20)8-16-12-5-3-4-11(15)6-12/h3-7,16H,8H2,1-2H3. The van der Waals surface area contributed by atoms with Crippen LogP contribution in [0.5, 0.6) is 0 Å². The van der Waals surface area contributed by atoms with E-state index in [2.05, 4.69) is 32.9 Å². The third-order valence-corrected chi connectivity index (χ3v) is 3.71. The van der Waals surface area contributed by atoms with Crippen LogP contribution in [0.4, 0.5) is 11.4 Å². The first-order chi connectivity index (χ1) is 9.49. The van der Waals surface area contributed by atoms with E-state index in [0.29, 0.717) is 23.4 Å². The third-order valence-electron chi connectivity index (χ3n) is 3.04. The van der Waals surface area contributed by atoms with E-state index in [1.54, 1.807) is 20.0 Å². The first kappa shape index (κ1) is 14.7. The molecule has 0 bridgehead atoms. The molecule has 20 heavy (non-hydrogen) atoms. The molecule has 0 aliphatic rings. The van der Waals surface area contributed by atoms with Crippen molar-refractivity contribution >= 4 is 34.0 Å². The first-order valence-corrected chi connectivity index (χ1v) is 7.16. The Kier molecular flexibility index (Phi) is 4.53. The molecule has 6 heteroatoms. The van der Waals surface area contributed by atoms with Crippen molar-refractivity contribution < 1.29 is 4.92 Å². The van der Waals surface area contributed by atoms with E-state index >= 15 is 0 Å². The number of hydrogen-bond donors (Lipinski definition) is 1. The van der Waals surface area contributed by atoms with E-state index in [1.165, 1.54) is 0 Å². The molecule has 0 unspecified atom stereocenters. The SMILES string of the molecule is Cc1cnc(CNc2cccc(I)c2)c(C)c1[N+](=O)[O-]. The van der Waals surface area contributed by atoms with Gasteiger partial charge in [-0.1, -0.05) is 6.07 Å². The van der Waals surface area contributed by atoms with Crippen LogP contribution in [-0.2, 0) is 6.54 Å². The summed E-state index contributed by atoms with van der Waals surface area (Å²) in [5, 5.41) is 14.3. The van der Waals surface area contributed by atoms with E-state index in [-0.39, 0.29) is 10.6 Å². The van der Waals surface area contributed by atoms with E-state index < -0.39 is 0 Å². The lowest BCUT2D eigenvalue weighted by Gasteiger charge is -2.10. The monoisotopic (exact) mass is 383 g/mol. The van der Waals surface area contributed by atoms with E-state index in [4.69, 9.17) is 0 Å². The largest absolute Gasteiger partial charge is 0.379 e. The highest BCUT2D eigenvalue weighted by Gasteiger charge is 2.18. The van der Waals surface area contributed by atoms with Crippen molar-refractivity contribution in [1.29, 1.82) is 0 Å². The highest BCUT2D eigenvalue weighted by atomic mass is 127. The summed E-state index contributed by atoms with van der Waals surface area (Å²) in [6.07, 6.45) is 1.55. The maximum atomic E-state index is 11.1. The summed E-state index contributed by atoms with van der Waals surface area (Å²) in [6.45, 7) is 3.91. The van der Waals surface area contributed by atoms with Gasteiger partial charge in [0.15, 0.2) is 0 Å². The van der Waals surface area contributed by atoms with E-state index in [0.717, 1.165) is 9.26 Å². The first-order valence-electron chi connectivity index (χ1n) is 6.08. The average molecular weight is 383 g/mol. The molecule has 0 spiro atoms. The molecule has 5 nitrogen and oxygen atoms in total. The Morgan fingerprint density at radius 2 is 2.15 bits per heavy atom. The van der Waals surface area contributed by atoms with Gasteiger partial charge in [-0.2, -0.15) is 0 Å². The number of aryl methyl sites for hydroxylation is 1. The van der Waals surface area contributed by atoms with Gasteiger partial charge >= 0.3 is 0 Å². The number of rotatable bonds is 4. The molecule has 0 atom stereocenters. The lowest BCUT2D eigenvalue weighted by atomic mass is 10.1. The second-order valence-corrected chi connectivity index (χ2v) is 5.73. The van der Waals surface area contributed by atoms with Gasteiger partial charge in [0.1, 0.15) is 0 Å². The minimum atomic E-state index is -0.346. The Morgan fingerprint density at radius 1 is 1.40 bits per heavy atom. The average Bonchev–Trinajstić information content (AvgIpc) is 2.37. The van der Waals surface area contributed by atoms with Crippen LogP contribution in [0.3, 0.4) is 0 Å². The van der Waals surface area contributed by atoms with Gasteiger partial charge in [-0.3, -0.25) is 15.1 Å². The molecular formula is C14H14IN3O2. The number of nitrogens with one attached hydrogen (secondary N) is 1. The van der Waals surface area contributed by atoms with Crippen LogP contribution in [0, 0.1) is 27.5 Å². The molecule has 1 aromatic heterocycles. The van der Waals surface area contributed by atoms with Crippen LogP contribution < -0.4 is 5.32 Å². The molecule has 1 N–H and O–H groups in total. The van der Waals surface area contributed by atoms with Crippen LogP contribution in [0.1, 0.15) is 16.8 Å². The fourth-order valence-electron chi connectivity index (χ4n) is 2.01. The zero-order valence-corrected chi connectivity index (χ0v) is 13.3. The smallest absolute Gasteiger partial charge is 0.278 e. The maximum absolute atomic E-state index is 11.1. The quantitative estimate of drug-likeness (QED) is 0.495. The Labute approximate surface area is 130 Å². The molecule has 104 valence electrons. The molecule has 0 radical (unpaired) electrons. The van der Waals surface area contributed by atoms with Gasteiger partial charge in [0.2, 0.25) is 0 Å². The second-order valence-electron chi connectivity index (χ2n) is 4.48. The zero-order chi connectivity index (χ0) is 14.7. The Hall–Kier alpha value is -1.70. The molecule has 0 saturated carbocycles. The summed E-state index contributed by atoms with van der Waals surface area (Å²) in [5.74, 6) is 0. The van der Waals surface area contributed by atoms with Gasteiger partial charge < -0.3 is 5.32 Å². The van der Waals surface area contributed by atoms with Gasteiger partial charge in [0, 0.05) is 21.0 Å². The highest BCUT2D eigenvalue weighted by molar-refractivity contribution is 14.1. The van der Waals surface area contributed by atoms with Gasteiger partial charge in [-0.05, 0) is 54.6 Å². The number of nitro groups is 1. The van der Waals surface area contributed by atoms with Crippen LogP contribution in [0.2, 0.25) is 0 Å². The Balaban J connectivity index is 2.22. The summed E-state index contributed by atoms with van der Waals surface area (Å²) >= 11 is 2.24. The third kappa shape index (κ3) is 3.24. The molecule has 2 aromatic rings. The van der Waals surface area contributed by atoms with Gasteiger partial charge in [0.05, 0.1) is 22.7 Å². The van der Waals surface area contributed by atoms with Crippen molar-refractivity contribution in [2.45, 2.75) is 20.4 Å². The van der Waals surface area contributed by atoms with E-state index in [1.807, 2.05) is 24.3 Å². The van der Waals surface area contributed by atoms with Crippen LogP contribution in [0.25, 0.3) is 0 Å². The van der Waals surface area contributed by atoms with Crippen molar-refractivity contribution in [3.8, 4) is 0 Å². The normalized spacial score (nSPS) is 10.3. The molecular weight excluding hydrogens is 369 g/mol. The highest BCUT2D eigenvalue weighted by Crippen LogP contribution is 2.24. The maximum Gasteiger partial charge on any atom is 0.278 e. The summed E-state index contributed by atoms with van der Waals surface area (Å²) in [6, 6.07) is 7.94. The molecule has 0 aliphatic heterocycles. The van der Waals surface area contributed by atoms with Crippen molar-refractivity contribution in [3.63, 3.8) is 0 Å². The van der Waals surface area contributed by atoms with E-state index in [9.17, 15) is 10.1 Å². The summed E-state index contributed by atoms with van der Waals surface area (Å²) in [5.41, 5.74) is 3.03. The number of anilines is 1. The Bertz CT molecular complexity index is 659. The molecule has 1 aromatic carbocycles. The number of aromatic nitrogens is 1. The number of halogens is 1. The number of nitrogens with zero attached hydrogens (tertiary/aromatic N) is 2. The van der Waals surface area contributed by atoms with Crippen LogP contribution in [0.15, 0.2) is 30.5 Å². The number of pyridine rings is 1. The summed E-state index contributed by atoms with van der Waals surface area (Å²) in [4.78, 5) is 15.0. The number of benzene rings is 1. The van der Waals surface area contributed by atoms with Crippen molar-refractivity contribution in [2.24, 2.45) is 0 Å². The van der Waals surface area contributed by atoms with Gasteiger partial charge in [-0.25, -0.2) is 0 Å². The van der Waals surface area contributed by atoms with Crippen molar-refractivity contribution in [2.75, 3.05) is 5.32 Å². The zero-order valence-electron chi connectivity index (χ0n) is 11.2. The van der Waals surface area contributed by atoms with Gasteiger partial charge in [0.25, 0.3) is 5.69 Å². The molecule has 0 saturated heterocycles. The number of hydrogen-bond acceptors (Lipinski definition) is 4. The minimum Gasteiger partial charge on any atom is -0.379 e. The topological polar surface area (TPSA) is 68.1 Å². The summed E-state index contributed by atoms with van der Waals surface area (Å²) < 4.78 is 1.13. The molecule has 2 rings (SSSR count). The minimum absolute atomic E-state index is 0.152. The Morgan fingerprint density at radius 3 is 2.80 bits per heavy atom. The van der Waals surface area contributed by atoms with Crippen molar-refractivity contribution in [1.82, 2.24) is 4.98 Å².